The van der Waals surface area contributed by atoms with Gasteiger partial charge in [-0.25, -0.2) is 8.42 Å². The van der Waals surface area contributed by atoms with Crippen LogP contribution in [0.2, 0.25) is 0 Å². The van der Waals surface area contributed by atoms with Crippen LogP contribution in [0.1, 0.15) is 37.7 Å². The molecule has 0 unspecified atom stereocenters. The zero-order chi connectivity index (χ0) is 16.5. The summed E-state index contributed by atoms with van der Waals surface area (Å²) in [6.45, 7) is 1.55. The number of benzene rings is 1. The van der Waals surface area contributed by atoms with Crippen LogP contribution in [0.4, 0.5) is 0 Å². The van der Waals surface area contributed by atoms with Crippen LogP contribution in [-0.2, 0) is 21.4 Å². The van der Waals surface area contributed by atoms with Gasteiger partial charge in [0.25, 0.3) is 0 Å². The Bertz CT molecular complexity index is 675. The standard InChI is InChI=1S/C16H23N3O3S/c17-16(8-9-16)15(20)18-12-13-4-6-14(7-5-13)23(21,22)19-10-2-1-3-11-19/h4-7H,1-3,8-12,17H2,(H,18,20). The van der Waals surface area contributed by atoms with Crippen LogP contribution in [0.25, 0.3) is 0 Å². The predicted octanol–water partition coefficient (Wildman–Crippen LogP) is 0.969. The normalized spacial score (nSPS) is 20.9. The van der Waals surface area contributed by atoms with E-state index in [1.165, 1.54) is 0 Å². The Hall–Kier alpha value is -1.44. The van der Waals surface area contributed by atoms with Gasteiger partial charge in [-0.05, 0) is 43.4 Å². The largest absolute Gasteiger partial charge is 0.350 e. The van der Waals surface area contributed by atoms with Crippen LogP contribution in [0.15, 0.2) is 29.2 Å². The Balaban J connectivity index is 1.63. The van der Waals surface area contributed by atoms with Crippen molar-refractivity contribution in [3.63, 3.8) is 0 Å². The van der Waals surface area contributed by atoms with Gasteiger partial charge in [-0.3, -0.25) is 4.79 Å². The summed E-state index contributed by atoms with van der Waals surface area (Å²) in [6.07, 6.45) is 4.39. The number of rotatable bonds is 5. The molecule has 1 amide bonds. The zero-order valence-electron chi connectivity index (χ0n) is 13.1. The van der Waals surface area contributed by atoms with Crippen LogP contribution in [0, 0.1) is 0 Å². The van der Waals surface area contributed by atoms with Gasteiger partial charge >= 0.3 is 0 Å². The van der Waals surface area contributed by atoms with E-state index in [0.717, 1.165) is 37.7 Å². The molecular formula is C16H23N3O3S. The summed E-state index contributed by atoms with van der Waals surface area (Å²) in [4.78, 5) is 12.1. The second kappa shape index (κ2) is 6.22. The molecule has 23 heavy (non-hydrogen) atoms. The lowest BCUT2D eigenvalue weighted by Crippen LogP contribution is -2.42. The molecule has 0 bridgehead atoms. The summed E-state index contributed by atoms with van der Waals surface area (Å²) >= 11 is 0. The van der Waals surface area contributed by atoms with Crippen molar-refractivity contribution < 1.29 is 13.2 Å². The first-order valence-corrected chi connectivity index (χ1v) is 9.52. The fourth-order valence-corrected chi connectivity index (χ4v) is 4.27. The van der Waals surface area contributed by atoms with Gasteiger partial charge in [-0.2, -0.15) is 4.31 Å². The number of amides is 1. The summed E-state index contributed by atoms with van der Waals surface area (Å²) in [7, 11) is -3.40. The molecule has 0 spiro atoms. The second-order valence-electron chi connectivity index (χ2n) is 6.45. The van der Waals surface area contributed by atoms with Crippen molar-refractivity contribution in [3.05, 3.63) is 29.8 Å². The molecule has 1 aromatic rings. The van der Waals surface area contributed by atoms with E-state index in [-0.39, 0.29) is 5.91 Å². The predicted molar refractivity (Wildman–Crippen MR) is 87.1 cm³/mol. The van der Waals surface area contributed by atoms with Gasteiger partial charge in [-0.1, -0.05) is 18.6 Å². The highest BCUT2D eigenvalue weighted by Gasteiger charge is 2.45. The first-order chi connectivity index (χ1) is 10.9. The van der Waals surface area contributed by atoms with Crippen LogP contribution in [0.5, 0.6) is 0 Å². The molecule has 1 aromatic carbocycles. The Labute approximate surface area is 137 Å². The number of hydrogen-bond donors (Lipinski definition) is 2. The maximum atomic E-state index is 12.5. The Kier molecular flexibility index (Phi) is 4.44. The third kappa shape index (κ3) is 3.57. The van der Waals surface area contributed by atoms with Crippen molar-refractivity contribution in [3.8, 4) is 0 Å². The minimum Gasteiger partial charge on any atom is -0.350 e. The first kappa shape index (κ1) is 16.4. The van der Waals surface area contributed by atoms with Crippen molar-refractivity contribution in [1.29, 1.82) is 0 Å². The molecule has 0 radical (unpaired) electrons. The second-order valence-corrected chi connectivity index (χ2v) is 8.39. The van der Waals surface area contributed by atoms with E-state index in [2.05, 4.69) is 5.32 Å². The number of hydrogen-bond acceptors (Lipinski definition) is 4. The fraction of sp³-hybridized carbons (Fsp3) is 0.562. The smallest absolute Gasteiger partial charge is 0.243 e. The van der Waals surface area contributed by atoms with Crippen molar-refractivity contribution in [2.75, 3.05) is 13.1 Å². The van der Waals surface area contributed by atoms with Crippen LogP contribution >= 0.6 is 0 Å². The fourth-order valence-electron chi connectivity index (χ4n) is 2.75. The number of nitrogens with one attached hydrogen (secondary N) is 1. The number of carbonyl (C=O) groups is 1. The summed E-state index contributed by atoms with van der Waals surface area (Å²) in [6, 6.07) is 6.71. The molecule has 0 aromatic heterocycles. The highest BCUT2D eigenvalue weighted by Crippen LogP contribution is 2.32. The molecule has 1 saturated carbocycles. The summed E-state index contributed by atoms with van der Waals surface area (Å²) in [5, 5.41) is 2.80. The molecule has 3 N–H and O–H groups in total. The molecule has 6 nitrogen and oxygen atoms in total. The summed E-state index contributed by atoms with van der Waals surface area (Å²) < 4.78 is 26.6. The minimum atomic E-state index is -3.40. The molecule has 2 aliphatic rings. The molecule has 7 heteroatoms. The van der Waals surface area contributed by atoms with Crippen LogP contribution < -0.4 is 11.1 Å². The molecule has 126 valence electrons. The van der Waals surface area contributed by atoms with Gasteiger partial charge < -0.3 is 11.1 Å². The van der Waals surface area contributed by atoms with Gasteiger partial charge in [-0.15, -0.1) is 0 Å². The van der Waals surface area contributed by atoms with E-state index in [1.54, 1.807) is 28.6 Å². The molecule has 2 fully saturated rings. The van der Waals surface area contributed by atoms with E-state index in [1.807, 2.05) is 0 Å². The SMILES string of the molecule is NC1(C(=O)NCc2ccc(S(=O)(=O)N3CCCCC3)cc2)CC1. The lowest BCUT2D eigenvalue weighted by Gasteiger charge is -2.25. The molecule has 1 aliphatic heterocycles. The summed E-state index contributed by atoms with van der Waals surface area (Å²) in [5.41, 5.74) is 6.00. The number of nitrogens with two attached hydrogens (primary N) is 1. The summed E-state index contributed by atoms with van der Waals surface area (Å²) in [5.74, 6) is -0.137. The Morgan fingerprint density at radius 3 is 2.30 bits per heavy atom. The Morgan fingerprint density at radius 2 is 1.74 bits per heavy atom. The highest BCUT2D eigenvalue weighted by atomic mass is 32.2. The van der Waals surface area contributed by atoms with Crippen molar-refractivity contribution in [2.24, 2.45) is 5.73 Å². The van der Waals surface area contributed by atoms with E-state index >= 15 is 0 Å². The number of nitrogens with zero attached hydrogens (tertiary/aromatic N) is 1. The van der Waals surface area contributed by atoms with E-state index < -0.39 is 15.6 Å². The quantitative estimate of drug-likeness (QED) is 0.837. The lowest BCUT2D eigenvalue weighted by atomic mass is 10.2. The van der Waals surface area contributed by atoms with Crippen molar-refractivity contribution in [1.82, 2.24) is 9.62 Å². The van der Waals surface area contributed by atoms with E-state index in [0.29, 0.717) is 24.5 Å². The van der Waals surface area contributed by atoms with Gasteiger partial charge in [0, 0.05) is 19.6 Å². The first-order valence-electron chi connectivity index (χ1n) is 8.08. The van der Waals surface area contributed by atoms with Crippen molar-refractivity contribution >= 4 is 15.9 Å². The number of carbonyl (C=O) groups excluding carboxylic acids is 1. The topological polar surface area (TPSA) is 92.5 Å². The van der Waals surface area contributed by atoms with Gasteiger partial charge in [0.05, 0.1) is 10.4 Å². The third-order valence-electron chi connectivity index (χ3n) is 4.57. The monoisotopic (exact) mass is 337 g/mol. The average molecular weight is 337 g/mol. The lowest BCUT2D eigenvalue weighted by molar-refractivity contribution is -0.123. The number of piperidine rings is 1. The average Bonchev–Trinajstić information content (AvgIpc) is 3.33. The molecule has 1 aliphatic carbocycles. The van der Waals surface area contributed by atoms with Crippen LogP contribution in [0.3, 0.4) is 0 Å². The maximum absolute atomic E-state index is 12.5. The molecular weight excluding hydrogens is 314 g/mol. The molecule has 0 atom stereocenters. The van der Waals surface area contributed by atoms with E-state index in [4.69, 9.17) is 5.73 Å². The van der Waals surface area contributed by atoms with Crippen molar-refractivity contribution in [2.45, 2.75) is 49.1 Å². The molecule has 1 heterocycles. The Morgan fingerprint density at radius 1 is 1.13 bits per heavy atom. The van der Waals surface area contributed by atoms with Gasteiger partial charge in [0.2, 0.25) is 15.9 Å². The third-order valence-corrected chi connectivity index (χ3v) is 6.48. The zero-order valence-corrected chi connectivity index (χ0v) is 13.9. The highest BCUT2D eigenvalue weighted by molar-refractivity contribution is 7.89. The van der Waals surface area contributed by atoms with Crippen LogP contribution in [-0.4, -0.2) is 37.3 Å². The molecule has 3 rings (SSSR count). The minimum absolute atomic E-state index is 0.137. The van der Waals surface area contributed by atoms with E-state index in [9.17, 15) is 13.2 Å². The molecule has 1 saturated heterocycles. The maximum Gasteiger partial charge on any atom is 0.243 e. The van der Waals surface area contributed by atoms with Gasteiger partial charge in [0.15, 0.2) is 0 Å². The number of sulfonamides is 1. The van der Waals surface area contributed by atoms with Gasteiger partial charge in [0.1, 0.15) is 0 Å².